The van der Waals surface area contributed by atoms with Crippen LogP contribution in [0.2, 0.25) is 0 Å². The molecule has 0 radical (unpaired) electrons. The maximum atomic E-state index is 12.1. The van der Waals surface area contributed by atoms with Crippen LogP contribution in [-0.4, -0.2) is 43.4 Å². The molecule has 2 aliphatic heterocycles. The molecule has 19 heavy (non-hydrogen) atoms. The lowest BCUT2D eigenvalue weighted by atomic mass is 9.86. The van der Waals surface area contributed by atoms with E-state index >= 15 is 0 Å². The van der Waals surface area contributed by atoms with Gasteiger partial charge in [0.05, 0.1) is 31.0 Å². The number of carbonyl (C=O) groups excluding carboxylic acids is 1. The summed E-state index contributed by atoms with van der Waals surface area (Å²) in [7, 11) is 0. The number of hydrogen-bond acceptors (Lipinski definition) is 4. The van der Waals surface area contributed by atoms with Gasteiger partial charge in [-0.2, -0.15) is 0 Å². The van der Waals surface area contributed by atoms with Crippen molar-refractivity contribution in [1.29, 1.82) is 0 Å². The molecule has 0 aromatic heterocycles. The fraction of sp³-hybridized carbons (Fsp3) is 0.933. The third-order valence-electron chi connectivity index (χ3n) is 5.17. The lowest BCUT2D eigenvalue weighted by molar-refractivity contribution is -0.128. The number of hydrogen-bond donors (Lipinski definition) is 0. The molecule has 6 unspecified atom stereocenters. The monoisotopic (exact) mass is 266 g/mol. The Morgan fingerprint density at radius 1 is 0.947 bits per heavy atom. The van der Waals surface area contributed by atoms with Crippen LogP contribution in [0.1, 0.15) is 38.5 Å². The Morgan fingerprint density at radius 2 is 1.68 bits per heavy atom. The van der Waals surface area contributed by atoms with Crippen LogP contribution in [-0.2, 0) is 19.0 Å². The lowest BCUT2D eigenvalue weighted by Crippen LogP contribution is -2.27. The predicted molar refractivity (Wildman–Crippen MR) is 67.8 cm³/mol. The Balaban J connectivity index is 1.16. The molecule has 4 aliphatic rings. The molecule has 6 atom stereocenters. The molecule has 2 saturated heterocycles. The Labute approximate surface area is 113 Å². The van der Waals surface area contributed by atoms with Crippen molar-refractivity contribution in [2.24, 2.45) is 11.8 Å². The van der Waals surface area contributed by atoms with Gasteiger partial charge in [-0.3, -0.25) is 4.79 Å². The molecule has 0 amide bonds. The van der Waals surface area contributed by atoms with E-state index in [1.165, 1.54) is 12.8 Å². The minimum atomic E-state index is 0.186. The van der Waals surface area contributed by atoms with Gasteiger partial charge in [-0.25, -0.2) is 0 Å². The Kier molecular flexibility index (Phi) is 3.13. The summed E-state index contributed by atoms with van der Waals surface area (Å²) in [6.07, 6.45) is 8.37. The van der Waals surface area contributed by atoms with Gasteiger partial charge >= 0.3 is 0 Å². The summed E-state index contributed by atoms with van der Waals surface area (Å²) in [5.74, 6) is 1.07. The quantitative estimate of drug-likeness (QED) is 0.711. The highest BCUT2D eigenvalue weighted by molar-refractivity contribution is 5.82. The highest BCUT2D eigenvalue weighted by Crippen LogP contribution is 2.40. The first-order chi connectivity index (χ1) is 9.29. The largest absolute Gasteiger partial charge is 0.373 e. The van der Waals surface area contributed by atoms with Crippen molar-refractivity contribution in [3.8, 4) is 0 Å². The summed E-state index contributed by atoms with van der Waals surface area (Å²) in [6, 6.07) is 0. The first-order valence-corrected chi connectivity index (χ1v) is 7.71. The smallest absolute Gasteiger partial charge is 0.161 e. The van der Waals surface area contributed by atoms with Gasteiger partial charge in [0.25, 0.3) is 0 Å². The van der Waals surface area contributed by atoms with Crippen LogP contribution in [0.4, 0.5) is 0 Å². The second-order valence-electron chi connectivity index (χ2n) is 6.60. The minimum absolute atomic E-state index is 0.186. The molecule has 2 saturated carbocycles. The fourth-order valence-corrected chi connectivity index (χ4v) is 3.78. The van der Waals surface area contributed by atoms with E-state index in [4.69, 9.17) is 14.2 Å². The number of rotatable bonds is 5. The molecule has 4 nitrogen and oxygen atoms in total. The van der Waals surface area contributed by atoms with Gasteiger partial charge in [0.1, 0.15) is 6.61 Å². The van der Waals surface area contributed by atoms with Crippen molar-refractivity contribution < 1.29 is 19.0 Å². The van der Waals surface area contributed by atoms with E-state index in [-0.39, 0.29) is 11.7 Å². The molecular weight excluding hydrogens is 244 g/mol. The molecule has 0 spiro atoms. The number of carbonyl (C=O) groups is 1. The zero-order valence-electron chi connectivity index (χ0n) is 11.3. The van der Waals surface area contributed by atoms with Crippen LogP contribution in [0, 0.1) is 11.8 Å². The number of ketones is 1. The van der Waals surface area contributed by atoms with Crippen LogP contribution in [0.5, 0.6) is 0 Å². The topological polar surface area (TPSA) is 51.4 Å². The van der Waals surface area contributed by atoms with Gasteiger partial charge in [0.2, 0.25) is 0 Å². The molecule has 4 rings (SSSR count). The fourth-order valence-electron chi connectivity index (χ4n) is 3.78. The molecule has 0 bridgehead atoms. The van der Waals surface area contributed by atoms with Crippen molar-refractivity contribution in [1.82, 2.24) is 0 Å². The molecule has 0 aromatic carbocycles. The predicted octanol–water partition coefficient (Wildman–Crippen LogP) is 1.71. The van der Waals surface area contributed by atoms with Crippen LogP contribution in [0.25, 0.3) is 0 Å². The van der Waals surface area contributed by atoms with Crippen LogP contribution >= 0.6 is 0 Å². The maximum Gasteiger partial charge on any atom is 0.161 e. The summed E-state index contributed by atoms with van der Waals surface area (Å²) < 4.78 is 16.6. The van der Waals surface area contributed by atoms with E-state index < -0.39 is 0 Å². The van der Waals surface area contributed by atoms with Crippen molar-refractivity contribution >= 4 is 5.78 Å². The SMILES string of the molecule is O=C(COCC1CCC2OC2C1)C1CCC2OC2C1. The number of epoxide rings is 2. The summed E-state index contributed by atoms with van der Waals surface area (Å²) in [5, 5.41) is 0. The lowest BCUT2D eigenvalue weighted by Gasteiger charge is -2.20. The summed E-state index contributed by atoms with van der Waals surface area (Å²) in [6.45, 7) is 1.03. The molecular formula is C15H22O4. The second-order valence-corrected chi connectivity index (χ2v) is 6.60. The Bertz CT molecular complexity index is 369. The molecule has 0 N–H and O–H groups in total. The number of Topliss-reactive ketones (excluding diaryl/α,β-unsaturated/α-hetero) is 1. The van der Waals surface area contributed by atoms with Crippen molar-refractivity contribution in [2.75, 3.05) is 13.2 Å². The highest BCUT2D eigenvalue weighted by atomic mass is 16.6. The van der Waals surface area contributed by atoms with Crippen molar-refractivity contribution in [3.63, 3.8) is 0 Å². The number of ether oxygens (including phenoxy) is 3. The summed E-state index contributed by atoms with van der Waals surface area (Å²) in [5.41, 5.74) is 0. The van der Waals surface area contributed by atoms with Crippen LogP contribution in [0.15, 0.2) is 0 Å². The van der Waals surface area contributed by atoms with E-state index in [1.807, 2.05) is 0 Å². The third-order valence-corrected chi connectivity index (χ3v) is 5.17. The molecule has 4 fully saturated rings. The zero-order valence-corrected chi connectivity index (χ0v) is 11.3. The average molecular weight is 266 g/mol. The molecule has 106 valence electrons. The average Bonchev–Trinajstić information content (AvgIpc) is 3.31. The van der Waals surface area contributed by atoms with Crippen LogP contribution < -0.4 is 0 Å². The van der Waals surface area contributed by atoms with E-state index in [0.29, 0.717) is 36.9 Å². The summed E-state index contributed by atoms with van der Waals surface area (Å²) in [4.78, 5) is 12.1. The molecule has 4 heteroatoms. The highest BCUT2D eigenvalue weighted by Gasteiger charge is 2.46. The minimum Gasteiger partial charge on any atom is -0.373 e. The van der Waals surface area contributed by atoms with E-state index in [1.54, 1.807) is 0 Å². The first-order valence-electron chi connectivity index (χ1n) is 7.71. The second kappa shape index (κ2) is 4.83. The van der Waals surface area contributed by atoms with Gasteiger partial charge in [0.15, 0.2) is 5.78 Å². The van der Waals surface area contributed by atoms with Gasteiger partial charge in [-0.1, -0.05) is 0 Å². The third kappa shape index (κ3) is 2.71. The first kappa shape index (κ1) is 12.3. The van der Waals surface area contributed by atoms with Crippen molar-refractivity contribution in [3.05, 3.63) is 0 Å². The van der Waals surface area contributed by atoms with E-state index in [0.717, 1.165) is 32.3 Å². The standard InChI is InChI=1S/C15H22O4/c16-11(10-2-4-13-15(6-10)19-13)8-17-7-9-1-3-12-14(5-9)18-12/h9-10,12-15H,1-8H2. The van der Waals surface area contributed by atoms with Crippen molar-refractivity contribution in [2.45, 2.75) is 62.9 Å². The van der Waals surface area contributed by atoms with Gasteiger partial charge in [-0.05, 0) is 44.4 Å². The molecule has 2 heterocycles. The number of fused-ring (bicyclic) bond motifs is 2. The summed E-state index contributed by atoms with van der Waals surface area (Å²) >= 11 is 0. The maximum absolute atomic E-state index is 12.1. The van der Waals surface area contributed by atoms with Gasteiger partial charge < -0.3 is 14.2 Å². The van der Waals surface area contributed by atoms with E-state index in [9.17, 15) is 4.79 Å². The van der Waals surface area contributed by atoms with E-state index in [2.05, 4.69) is 0 Å². The van der Waals surface area contributed by atoms with Crippen LogP contribution in [0.3, 0.4) is 0 Å². The normalized spacial score (nSPS) is 47.2. The van der Waals surface area contributed by atoms with Gasteiger partial charge in [-0.15, -0.1) is 0 Å². The zero-order chi connectivity index (χ0) is 12.8. The van der Waals surface area contributed by atoms with Gasteiger partial charge in [0, 0.05) is 5.92 Å². The molecule has 2 aliphatic carbocycles. The molecule has 0 aromatic rings. The Hall–Kier alpha value is -0.450. The Morgan fingerprint density at radius 3 is 2.42 bits per heavy atom.